The fourth-order valence-electron chi connectivity index (χ4n) is 7.45. The van der Waals surface area contributed by atoms with Crippen LogP contribution in [0, 0.1) is 11.8 Å². The summed E-state index contributed by atoms with van der Waals surface area (Å²) in [5.41, 5.74) is 13.1. The van der Waals surface area contributed by atoms with Crippen molar-refractivity contribution in [1.82, 2.24) is 10.2 Å². The Kier molecular flexibility index (Phi) is 17.2. The molecular weight excluding hydrogens is 739 g/mol. The number of carbonyl (C=O) groups is 1. The average Bonchev–Trinajstić information content (AvgIpc) is 3.92. The molecule has 2 N–H and O–H groups in total. The second-order valence-electron chi connectivity index (χ2n) is 15.0. The zero-order valence-electron chi connectivity index (χ0n) is 35.7. The molecule has 0 aromatic heterocycles. The molecule has 13 nitrogen and oxygen atoms in total. The van der Waals surface area contributed by atoms with Crippen molar-refractivity contribution < 1.29 is 38.3 Å². The number of allylic oxidation sites excluding steroid dienone is 12. The summed E-state index contributed by atoms with van der Waals surface area (Å²) < 4.78 is 32.6. The number of nitrogens with one attached hydrogen (secondary N) is 1. The molecule has 0 aromatic carbocycles. The maximum atomic E-state index is 13.4. The predicted octanol–water partition coefficient (Wildman–Crippen LogP) is 6.50. The van der Waals surface area contributed by atoms with Crippen LogP contribution in [-0.2, 0) is 33.2 Å². The van der Waals surface area contributed by atoms with E-state index < -0.39 is 0 Å². The van der Waals surface area contributed by atoms with Crippen LogP contribution in [0.15, 0.2) is 107 Å². The Balaban J connectivity index is 1.15. The molecule has 5 rings (SSSR count). The number of nitrogens with zero attached hydrogens (tertiary/aromatic N) is 4. The lowest BCUT2D eigenvalue weighted by Gasteiger charge is -2.21. The molecule has 5 aliphatic heterocycles. The number of amides is 1. The Labute approximate surface area is 344 Å². The van der Waals surface area contributed by atoms with Gasteiger partial charge in [0, 0.05) is 55.9 Å². The van der Waals surface area contributed by atoms with Gasteiger partial charge in [0.25, 0.3) is 0 Å². The second-order valence-corrected chi connectivity index (χ2v) is 15.0. The lowest BCUT2D eigenvalue weighted by Crippen LogP contribution is -2.31. The van der Waals surface area contributed by atoms with Gasteiger partial charge in [-0.15, -0.1) is 0 Å². The van der Waals surface area contributed by atoms with Crippen LogP contribution in [0.3, 0.4) is 0 Å². The highest BCUT2D eigenvalue weighted by atomic mass is 16.6. The summed E-state index contributed by atoms with van der Waals surface area (Å²) in [6.45, 7) is 18.6. The maximum absolute atomic E-state index is 13.4. The lowest BCUT2D eigenvalue weighted by molar-refractivity contribution is -0.130. The van der Waals surface area contributed by atoms with E-state index >= 15 is 0 Å². The van der Waals surface area contributed by atoms with E-state index in [1.807, 2.05) is 20.0 Å². The van der Waals surface area contributed by atoms with Crippen LogP contribution < -0.4 is 5.32 Å². The highest BCUT2D eigenvalue weighted by Crippen LogP contribution is 2.41. The Bertz CT molecular complexity index is 1870. The fraction of sp³-hybridized carbons (Fsp3) is 0.556. The molecule has 0 aliphatic carbocycles. The third-order valence-corrected chi connectivity index (χ3v) is 11.1. The van der Waals surface area contributed by atoms with Crippen molar-refractivity contribution in [2.45, 2.75) is 60.8 Å². The normalized spacial score (nSPS) is 21.0. The van der Waals surface area contributed by atoms with Crippen molar-refractivity contribution in [3.8, 4) is 0 Å². The smallest absolute Gasteiger partial charge is 0.222 e. The van der Waals surface area contributed by atoms with Crippen LogP contribution in [0.5, 0.6) is 0 Å². The van der Waals surface area contributed by atoms with Crippen molar-refractivity contribution in [3.05, 3.63) is 92.5 Å². The molecule has 1 amide bonds. The first-order chi connectivity index (χ1) is 28.1. The Morgan fingerprint density at radius 1 is 0.759 bits per heavy atom. The van der Waals surface area contributed by atoms with Gasteiger partial charge in [-0.2, -0.15) is 0 Å². The third kappa shape index (κ3) is 11.5. The summed E-state index contributed by atoms with van der Waals surface area (Å²) in [4.78, 5) is 30.3. The zero-order chi connectivity index (χ0) is 41.6. The minimum atomic E-state index is 0.0536. The van der Waals surface area contributed by atoms with Gasteiger partial charge in [-0.3, -0.25) is 4.79 Å². The highest BCUT2D eigenvalue weighted by Gasteiger charge is 2.36. The number of hydrogen-bond acceptors (Lipinski definition) is 12. The van der Waals surface area contributed by atoms with Crippen LogP contribution in [-0.4, -0.2) is 126 Å². The molecule has 58 heavy (non-hydrogen) atoms. The summed E-state index contributed by atoms with van der Waals surface area (Å²) >= 11 is 0. The summed E-state index contributed by atoms with van der Waals surface area (Å²) in [5, 5.41) is 14.1. The molecule has 0 radical (unpaired) electrons. The lowest BCUT2D eigenvalue weighted by atomic mass is 9.86. The van der Waals surface area contributed by atoms with E-state index in [-0.39, 0.29) is 17.7 Å². The molecule has 1 saturated heterocycles. The molecule has 1 fully saturated rings. The molecule has 5 heterocycles. The number of fused-ring (bicyclic) bond motifs is 5. The number of aliphatic hydroxyl groups excluding tert-OH is 1. The van der Waals surface area contributed by atoms with Crippen molar-refractivity contribution in [3.63, 3.8) is 0 Å². The van der Waals surface area contributed by atoms with Crippen molar-refractivity contribution in [1.29, 1.82) is 0 Å². The highest BCUT2D eigenvalue weighted by molar-refractivity contribution is 6.18. The van der Waals surface area contributed by atoms with Gasteiger partial charge in [0.2, 0.25) is 5.91 Å². The van der Waals surface area contributed by atoms with Crippen LogP contribution in [0.4, 0.5) is 0 Å². The van der Waals surface area contributed by atoms with Gasteiger partial charge in [0.05, 0.1) is 113 Å². The summed E-state index contributed by atoms with van der Waals surface area (Å²) in [6, 6.07) is 0. The van der Waals surface area contributed by atoms with Crippen LogP contribution in [0.25, 0.3) is 0 Å². The SMILES string of the molecule is CCC1=C(C)C2=CC3=NC(=C(C)/C3=C\O)C=C3NC(=C(C)C4=NC(=CC1=N2)C(C)=C4)[C@@H](CCC(=O)N(C)CCOCCOCCOCCOCCOCCOC)[C@@H]3C. The largest absolute Gasteiger partial charge is 0.515 e. The van der Waals surface area contributed by atoms with Gasteiger partial charge in [-0.05, 0) is 92.7 Å². The van der Waals surface area contributed by atoms with Gasteiger partial charge in [-0.25, -0.2) is 15.0 Å². The number of methoxy groups -OCH3 is 1. The first kappa shape index (κ1) is 44.9. The number of likely N-dealkylation sites (N-methyl/N-ethyl adjacent to an activating group) is 1. The first-order valence-electron chi connectivity index (χ1n) is 20.5. The van der Waals surface area contributed by atoms with Gasteiger partial charge >= 0.3 is 0 Å². The monoisotopic (exact) mass is 801 g/mol. The van der Waals surface area contributed by atoms with Crippen molar-refractivity contribution in [2.75, 3.05) is 93.4 Å². The zero-order valence-corrected chi connectivity index (χ0v) is 35.7. The first-order valence-corrected chi connectivity index (χ1v) is 20.5. The average molecular weight is 802 g/mol. The Morgan fingerprint density at radius 2 is 1.34 bits per heavy atom. The van der Waals surface area contributed by atoms with Crippen LogP contribution >= 0.6 is 0 Å². The number of ether oxygens (including phenoxy) is 6. The van der Waals surface area contributed by atoms with Crippen molar-refractivity contribution in [2.24, 2.45) is 26.8 Å². The maximum Gasteiger partial charge on any atom is 0.222 e. The van der Waals surface area contributed by atoms with E-state index in [0.717, 1.165) is 74.9 Å². The molecule has 0 spiro atoms. The molecule has 316 valence electrons. The Hall–Kier alpha value is -4.24. The van der Waals surface area contributed by atoms with Gasteiger partial charge in [0.15, 0.2) is 0 Å². The molecule has 0 unspecified atom stereocenters. The summed E-state index contributed by atoms with van der Waals surface area (Å²) in [6.07, 6.45) is 11.3. The molecule has 8 bridgehead atoms. The quantitative estimate of drug-likeness (QED) is 0.0926. The van der Waals surface area contributed by atoms with E-state index in [0.29, 0.717) is 103 Å². The Morgan fingerprint density at radius 3 is 1.95 bits per heavy atom. The molecule has 0 saturated carbocycles. The van der Waals surface area contributed by atoms with Gasteiger partial charge < -0.3 is 43.7 Å². The number of hydrogen-bond donors (Lipinski definition) is 2. The van der Waals surface area contributed by atoms with Crippen LogP contribution in [0.1, 0.15) is 60.8 Å². The van der Waals surface area contributed by atoms with E-state index in [4.69, 9.17) is 43.4 Å². The van der Waals surface area contributed by atoms with E-state index in [2.05, 4.69) is 58.2 Å². The topological polar surface area (TPSA) is 145 Å². The standard InChI is InChI=1S/C45H63N5O8/c1-9-34-30(3)40-27-43-36(28-51)32(5)39(48-43)26-41-31(4)35(45(49-41)33(6)38-24-29(2)37(46-38)25-42(34)47-40)10-11-44(52)50(7)12-13-54-16-17-56-20-21-58-23-22-57-19-18-55-15-14-53-8/h24-28,31,35,49,51H,9-23H2,1-8H3/b36-28+,37-25?,40-27?,41-26?,45-33?/t31-,35-/m0/s1. The van der Waals surface area contributed by atoms with Crippen LogP contribution in [0.2, 0.25) is 0 Å². The van der Waals surface area contributed by atoms with E-state index in [1.165, 1.54) is 5.57 Å². The fourth-order valence-corrected chi connectivity index (χ4v) is 7.45. The molecule has 2 atom stereocenters. The van der Waals surface area contributed by atoms with Gasteiger partial charge in [-0.1, -0.05) is 13.8 Å². The molecule has 13 heteroatoms. The third-order valence-electron chi connectivity index (χ3n) is 11.1. The second kappa shape index (κ2) is 22.2. The minimum Gasteiger partial charge on any atom is -0.515 e. The minimum absolute atomic E-state index is 0.0536. The molecular formula is C45H63N5O8. The number of rotatable bonds is 22. The number of carbonyl (C=O) groups excluding carboxylic acids is 1. The van der Waals surface area contributed by atoms with E-state index in [1.54, 1.807) is 12.0 Å². The van der Waals surface area contributed by atoms with Gasteiger partial charge in [0.1, 0.15) is 0 Å². The molecule has 5 aliphatic rings. The molecule has 0 aromatic rings. The summed E-state index contributed by atoms with van der Waals surface area (Å²) in [7, 11) is 3.47. The van der Waals surface area contributed by atoms with E-state index in [9.17, 15) is 9.90 Å². The number of aliphatic imine (C=N–C) groups is 3. The number of aliphatic hydroxyl groups is 1. The predicted molar refractivity (Wildman–Crippen MR) is 228 cm³/mol. The van der Waals surface area contributed by atoms with Crippen molar-refractivity contribution >= 4 is 23.0 Å². The summed E-state index contributed by atoms with van der Waals surface area (Å²) in [5.74, 6) is 0.203.